The molecule has 16 heavy (non-hydrogen) atoms. The third kappa shape index (κ3) is 3.23. The van der Waals surface area contributed by atoms with Crippen molar-refractivity contribution in [3.8, 4) is 0 Å². The SMILES string of the molecule is CC1CCC(NC(=O)C2CCCCCC2)C1. The van der Waals surface area contributed by atoms with Crippen molar-refractivity contribution >= 4 is 5.91 Å². The van der Waals surface area contributed by atoms with Crippen molar-refractivity contribution in [2.24, 2.45) is 11.8 Å². The number of carbonyl (C=O) groups excluding carboxylic acids is 1. The van der Waals surface area contributed by atoms with E-state index in [4.69, 9.17) is 0 Å². The van der Waals surface area contributed by atoms with E-state index in [0.717, 1.165) is 18.8 Å². The van der Waals surface area contributed by atoms with Crippen LogP contribution in [0.15, 0.2) is 0 Å². The van der Waals surface area contributed by atoms with Gasteiger partial charge in [0.1, 0.15) is 0 Å². The molecule has 0 spiro atoms. The minimum absolute atomic E-state index is 0.318. The van der Waals surface area contributed by atoms with Gasteiger partial charge in [-0.2, -0.15) is 0 Å². The Kier molecular flexibility index (Phi) is 4.25. The third-order valence-electron chi connectivity index (χ3n) is 4.27. The lowest BCUT2D eigenvalue weighted by Gasteiger charge is -2.18. The lowest BCUT2D eigenvalue weighted by atomic mass is 9.99. The summed E-state index contributed by atoms with van der Waals surface area (Å²) < 4.78 is 0. The molecule has 0 aromatic carbocycles. The number of carbonyl (C=O) groups is 1. The monoisotopic (exact) mass is 223 g/mol. The van der Waals surface area contributed by atoms with Crippen LogP contribution in [0.4, 0.5) is 0 Å². The number of hydrogen-bond donors (Lipinski definition) is 1. The van der Waals surface area contributed by atoms with Gasteiger partial charge in [0.05, 0.1) is 0 Å². The Bertz CT molecular complexity index is 231. The Morgan fingerprint density at radius 2 is 1.69 bits per heavy atom. The molecular formula is C14H25NO. The van der Waals surface area contributed by atoms with Crippen molar-refractivity contribution in [2.45, 2.75) is 70.8 Å². The van der Waals surface area contributed by atoms with Crippen molar-refractivity contribution in [1.29, 1.82) is 0 Å². The second-order valence-corrected chi connectivity index (χ2v) is 5.81. The van der Waals surface area contributed by atoms with Crippen molar-refractivity contribution in [3.05, 3.63) is 0 Å². The zero-order chi connectivity index (χ0) is 11.4. The van der Waals surface area contributed by atoms with Gasteiger partial charge in [-0.25, -0.2) is 0 Å². The minimum Gasteiger partial charge on any atom is -0.353 e. The second kappa shape index (κ2) is 5.70. The summed E-state index contributed by atoms with van der Waals surface area (Å²) in [5, 5.41) is 3.27. The Morgan fingerprint density at radius 3 is 2.25 bits per heavy atom. The first-order valence-corrected chi connectivity index (χ1v) is 7.06. The fraction of sp³-hybridized carbons (Fsp3) is 0.929. The van der Waals surface area contributed by atoms with Crippen LogP contribution in [0, 0.1) is 11.8 Å². The van der Waals surface area contributed by atoms with Gasteiger partial charge >= 0.3 is 0 Å². The van der Waals surface area contributed by atoms with E-state index in [-0.39, 0.29) is 0 Å². The van der Waals surface area contributed by atoms with Crippen LogP contribution < -0.4 is 5.32 Å². The van der Waals surface area contributed by atoms with Crippen LogP contribution in [-0.4, -0.2) is 11.9 Å². The molecule has 0 bridgehead atoms. The standard InChI is InChI=1S/C14H25NO/c1-11-8-9-13(10-11)15-14(16)12-6-4-2-3-5-7-12/h11-13H,2-10H2,1H3,(H,15,16). The van der Waals surface area contributed by atoms with Gasteiger partial charge in [0.2, 0.25) is 5.91 Å². The summed E-state index contributed by atoms with van der Waals surface area (Å²) in [6, 6.07) is 0.478. The Hall–Kier alpha value is -0.530. The van der Waals surface area contributed by atoms with Crippen molar-refractivity contribution < 1.29 is 4.79 Å². The molecule has 1 N–H and O–H groups in total. The first-order valence-electron chi connectivity index (χ1n) is 7.06. The lowest BCUT2D eigenvalue weighted by molar-refractivity contribution is -0.126. The molecule has 0 radical (unpaired) electrons. The molecule has 2 aliphatic rings. The van der Waals surface area contributed by atoms with Crippen LogP contribution >= 0.6 is 0 Å². The predicted octanol–water partition coefficient (Wildman–Crippen LogP) is 3.26. The molecule has 2 atom stereocenters. The molecule has 92 valence electrons. The molecule has 0 saturated heterocycles. The van der Waals surface area contributed by atoms with Crippen molar-refractivity contribution in [2.75, 3.05) is 0 Å². The quantitative estimate of drug-likeness (QED) is 0.715. The topological polar surface area (TPSA) is 29.1 Å². The molecule has 2 nitrogen and oxygen atoms in total. The maximum Gasteiger partial charge on any atom is 0.223 e. The number of nitrogens with one attached hydrogen (secondary N) is 1. The van der Waals surface area contributed by atoms with Gasteiger partial charge in [-0.15, -0.1) is 0 Å². The summed E-state index contributed by atoms with van der Waals surface area (Å²) in [6.07, 6.45) is 11.1. The van der Waals surface area contributed by atoms with Crippen LogP contribution in [0.5, 0.6) is 0 Å². The average molecular weight is 223 g/mol. The Morgan fingerprint density at radius 1 is 1.00 bits per heavy atom. The third-order valence-corrected chi connectivity index (χ3v) is 4.27. The maximum atomic E-state index is 12.1. The summed E-state index contributed by atoms with van der Waals surface area (Å²) in [5.74, 6) is 1.47. The second-order valence-electron chi connectivity index (χ2n) is 5.81. The largest absolute Gasteiger partial charge is 0.353 e. The van der Waals surface area contributed by atoms with Crippen LogP contribution in [0.3, 0.4) is 0 Å². The van der Waals surface area contributed by atoms with Crippen LogP contribution in [0.2, 0.25) is 0 Å². The van der Waals surface area contributed by atoms with E-state index in [9.17, 15) is 4.79 Å². The van der Waals surface area contributed by atoms with Crippen LogP contribution in [-0.2, 0) is 4.79 Å². The highest BCUT2D eigenvalue weighted by molar-refractivity contribution is 5.78. The summed E-state index contributed by atoms with van der Waals surface area (Å²) >= 11 is 0. The fourth-order valence-electron chi connectivity index (χ4n) is 3.20. The first kappa shape index (κ1) is 11.9. The van der Waals surface area contributed by atoms with E-state index in [0.29, 0.717) is 17.9 Å². The summed E-state index contributed by atoms with van der Waals surface area (Å²) in [6.45, 7) is 2.29. The number of rotatable bonds is 2. The minimum atomic E-state index is 0.318. The maximum absolute atomic E-state index is 12.1. The molecule has 0 heterocycles. The van der Waals surface area contributed by atoms with E-state index in [1.807, 2.05) is 0 Å². The molecule has 2 aliphatic carbocycles. The van der Waals surface area contributed by atoms with Crippen LogP contribution in [0.25, 0.3) is 0 Å². The fourth-order valence-corrected chi connectivity index (χ4v) is 3.20. The summed E-state index contributed by atoms with van der Waals surface area (Å²) in [4.78, 5) is 12.1. The van der Waals surface area contributed by atoms with Crippen LogP contribution in [0.1, 0.15) is 64.7 Å². The molecule has 0 aliphatic heterocycles. The van der Waals surface area contributed by atoms with Crippen molar-refractivity contribution in [1.82, 2.24) is 5.32 Å². The van der Waals surface area contributed by atoms with E-state index < -0.39 is 0 Å². The first-order chi connectivity index (χ1) is 7.75. The van der Waals surface area contributed by atoms with E-state index in [1.54, 1.807) is 0 Å². The van der Waals surface area contributed by atoms with Gasteiger partial charge in [0.15, 0.2) is 0 Å². The number of amides is 1. The summed E-state index contributed by atoms with van der Waals surface area (Å²) in [7, 11) is 0. The number of hydrogen-bond acceptors (Lipinski definition) is 1. The van der Waals surface area contributed by atoms with E-state index >= 15 is 0 Å². The van der Waals surface area contributed by atoms with Gasteiger partial charge in [0, 0.05) is 12.0 Å². The highest BCUT2D eigenvalue weighted by Crippen LogP contribution is 2.27. The molecule has 0 aromatic heterocycles. The average Bonchev–Trinajstić information content (AvgIpc) is 2.56. The molecule has 2 rings (SSSR count). The van der Waals surface area contributed by atoms with Crippen molar-refractivity contribution in [3.63, 3.8) is 0 Å². The van der Waals surface area contributed by atoms with Gasteiger partial charge in [-0.1, -0.05) is 32.6 Å². The molecule has 2 saturated carbocycles. The normalized spacial score (nSPS) is 32.3. The smallest absolute Gasteiger partial charge is 0.223 e. The highest BCUT2D eigenvalue weighted by Gasteiger charge is 2.26. The zero-order valence-electron chi connectivity index (χ0n) is 10.5. The Labute approximate surface area is 99.2 Å². The molecule has 2 unspecified atom stereocenters. The highest BCUT2D eigenvalue weighted by atomic mass is 16.1. The van der Waals surface area contributed by atoms with Gasteiger partial charge in [0.25, 0.3) is 0 Å². The Balaban J connectivity index is 1.77. The molecule has 0 aromatic rings. The van der Waals surface area contributed by atoms with Gasteiger partial charge in [-0.3, -0.25) is 4.79 Å². The van der Waals surface area contributed by atoms with Gasteiger partial charge < -0.3 is 5.32 Å². The zero-order valence-corrected chi connectivity index (χ0v) is 10.5. The van der Waals surface area contributed by atoms with E-state index in [2.05, 4.69) is 12.2 Å². The molecule has 2 heteroatoms. The molecular weight excluding hydrogens is 198 g/mol. The predicted molar refractivity (Wildman–Crippen MR) is 66.1 cm³/mol. The lowest BCUT2D eigenvalue weighted by Crippen LogP contribution is -2.37. The molecule has 2 fully saturated rings. The van der Waals surface area contributed by atoms with Gasteiger partial charge in [-0.05, 0) is 38.0 Å². The van der Waals surface area contributed by atoms with E-state index in [1.165, 1.54) is 44.9 Å². The summed E-state index contributed by atoms with van der Waals surface area (Å²) in [5.41, 5.74) is 0. The molecule has 1 amide bonds.